The maximum Gasteiger partial charge on any atom is 0.116 e. The van der Waals surface area contributed by atoms with Gasteiger partial charge in [0.25, 0.3) is 0 Å². The molecule has 1 aromatic carbocycles. The van der Waals surface area contributed by atoms with E-state index in [9.17, 15) is 5.11 Å². The zero-order valence-electron chi connectivity index (χ0n) is 8.46. The molecule has 0 saturated heterocycles. The van der Waals surface area contributed by atoms with Gasteiger partial charge in [0.15, 0.2) is 0 Å². The van der Waals surface area contributed by atoms with E-state index in [0.29, 0.717) is 5.75 Å². The van der Waals surface area contributed by atoms with Crippen LogP contribution in [0.25, 0.3) is 0 Å². The molecule has 1 aromatic rings. The van der Waals surface area contributed by atoms with Gasteiger partial charge >= 0.3 is 0 Å². The molecule has 0 fully saturated rings. The smallest absolute Gasteiger partial charge is 0.116 e. The van der Waals surface area contributed by atoms with Gasteiger partial charge in [-0.05, 0) is 49.1 Å². The van der Waals surface area contributed by atoms with Crippen LogP contribution in [-0.4, -0.2) is 5.11 Å². The minimum absolute atomic E-state index is 0.0839. The molecule has 0 aliphatic carbocycles. The van der Waals surface area contributed by atoms with Gasteiger partial charge in [0.05, 0.1) is 0 Å². The van der Waals surface area contributed by atoms with Crippen molar-refractivity contribution in [3.63, 3.8) is 0 Å². The van der Waals surface area contributed by atoms with Gasteiger partial charge in [-0.1, -0.05) is 6.92 Å². The fourth-order valence-corrected chi connectivity index (χ4v) is 1.74. The van der Waals surface area contributed by atoms with Gasteiger partial charge < -0.3 is 10.8 Å². The van der Waals surface area contributed by atoms with Gasteiger partial charge in [0.1, 0.15) is 5.75 Å². The predicted molar refractivity (Wildman–Crippen MR) is 54.8 cm³/mol. The van der Waals surface area contributed by atoms with Crippen LogP contribution in [-0.2, 0) is 0 Å². The minimum Gasteiger partial charge on any atom is -0.508 e. The Bertz CT molecular complexity index is 284. The highest BCUT2D eigenvalue weighted by Gasteiger charge is 2.10. The van der Waals surface area contributed by atoms with Crippen molar-refractivity contribution in [2.75, 3.05) is 0 Å². The lowest BCUT2D eigenvalue weighted by Crippen LogP contribution is -2.11. The van der Waals surface area contributed by atoms with E-state index >= 15 is 0 Å². The maximum absolute atomic E-state index is 9.33. The number of rotatable bonds is 2. The Morgan fingerprint density at radius 3 is 2.15 bits per heavy atom. The molecule has 2 nitrogen and oxygen atoms in total. The first-order valence-electron chi connectivity index (χ1n) is 4.62. The second kappa shape index (κ2) is 3.79. The lowest BCUT2D eigenvalue weighted by atomic mass is 9.95. The summed E-state index contributed by atoms with van der Waals surface area (Å²) in [6, 6.07) is 3.61. The molecular weight excluding hydrogens is 162 g/mol. The van der Waals surface area contributed by atoms with Crippen molar-refractivity contribution in [2.45, 2.75) is 33.2 Å². The van der Waals surface area contributed by atoms with Crippen LogP contribution in [0.2, 0.25) is 0 Å². The summed E-state index contributed by atoms with van der Waals surface area (Å²) in [5, 5.41) is 9.33. The fraction of sp³-hybridized carbons (Fsp3) is 0.455. The summed E-state index contributed by atoms with van der Waals surface area (Å²) in [5.41, 5.74) is 9.28. The van der Waals surface area contributed by atoms with Crippen LogP contribution < -0.4 is 5.73 Å². The highest BCUT2D eigenvalue weighted by atomic mass is 16.3. The molecule has 0 amide bonds. The Balaban J connectivity index is 3.20. The molecule has 0 radical (unpaired) electrons. The van der Waals surface area contributed by atoms with Crippen molar-refractivity contribution < 1.29 is 5.11 Å². The monoisotopic (exact) mass is 179 g/mol. The first-order chi connectivity index (χ1) is 6.06. The lowest BCUT2D eigenvalue weighted by molar-refractivity contribution is 0.473. The molecule has 0 aliphatic heterocycles. The van der Waals surface area contributed by atoms with Crippen LogP contribution in [0.1, 0.15) is 36.1 Å². The van der Waals surface area contributed by atoms with E-state index in [1.54, 1.807) is 12.1 Å². The van der Waals surface area contributed by atoms with E-state index in [1.807, 2.05) is 13.8 Å². The molecule has 72 valence electrons. The molecule has 3 N–H and O–H groups in total. The second-order valence-corrected chi connectivity index (χ2v) is 3.51. The maximum atomic E-state index is 9.33. The summed E-state index contributed by atoms with van der Waals surface area (Å²) in [6.07, 6.45) is 0.923. The van der Waals surface area contributed by atoms with Crippen molar-refractivity contribution in [3.05, 3.63) is 28.8 Å². The minimum atomic E-state index is 0.0839. The molecule has 1 rings (SSSR count). The van der Waals surface area contributed by atoms with E-state index in [2.05, 4.69) is 6.92 Å². The third-order valence-corrected chi connectivity index (χ3v) is 2.39. The number of nitrogens with two attached hydrogens (primary N) is 1. The molecule has 13 heavy (non-hydrogen) atoms. The average molecular weight is 179 g/mol. The molecule has 0 heterocycles. The van der Waals surface area contributed by atoms with Crippen molar-refractivity contribution in [3.8, 4) is 5.75 Å². The number of phenols is 1. The summed E-state index contributed by atoms with van der Waals surface area (Å²) in [4.78, 5) is 0. The van der Waals surface area contributed by atoms with Crippen LogP contribution >= 0.6 is 0 Å². The number of aryl methyl sites for hydroxylation is 2. The Labute approximate surface area is 79.4 Å². The highest BCUT2D eigenvalue weighted by molar-refractivity contribution is 5.42. The summed E-state index contributed by atoms with van der Waals surface area (Å²) in [5.74, 6) is 0.321. The second-order valence-electron chi connectivity index (χ2n) is 3.51. The van der Waals surface area contributed by atoms with Gasteiger partial charge in [-0.15, -0.1) is 0 Å². The third-order valence-electron chi connectivity index (χ3n) is 2.39. The highest BCUT2D eigenvalue weighted by Crippen LogP contribution is 2.26. The third kappa shape index (κ3) is 2.01. The molecule has 0 aliphatic rings. The van der Waals surface area contributed by atoms with E-state index in [-0.39, 0.29) is 6.04 Å². The number of aromatic hydroxyl groups is 1. The Kier molecular flexibility index (Phi) is 2.94. The first-order valence-corrected chi connectivity index (χ1v) is 4.62. The molecule has 0 saturated carbocycles. The van der Waals surface area contributed by atoms with Gasteiger partial charge in [-0.2, -0.15) is 0 Å². The number of benzene rings is 1. The van der Waals surface area contributed by atoms with E-state index in [1.165, 1.54) is 5.56 Å². The molecule has 2 heteroatoms. The Morgan fingerprint density at radius 1 is 1.31 bits per heavy atom. The normalized spacial score (nSPS) is 12.9. The topological polar surface area (TPSA) is 46.2 Å². The van der Waals surface area contributed by atoms with Crippen LogP contribution in [0.4, 0.5) is 0 Å². The first kappa shape index (κ1) is 10.1. The van der Waals surface area contributed by atoms with E-state index < -0.39 is 0 Å². The molecular formula is C11H17NO. The molecule has 1 atom stereocenters. The van der Waals surface area contributed by atoms with Crippen LogP contribution in [0.15, 0.2) is 12.1 Å². The zero-order chi connectivity index (χ0) is 10.0. The molecule has 0 spiro atoms. The zero-order valence-corrected chi connectivity index (χ0v) is 8.46. The summed E-state index contributed by atoms with van der Waals surface area (Å²) in [7, 11) is 0. The predicted octanol–water partition coefficient (Wildman–Crippen LogP) is 2.42. The van der Waals surface area contributed by atoms with Crippen LogP contribution in [0.5, 0.6) is 5.75 Å². The fourth-order valence-electron chi connectivity index (χ4n) is 1.74. The van der Waals surface area contributed by atoms with Crippen molar-refractivity contribution in [1.82, 2.24) is 0 Å². The largest absolute Gasteiger partial charge is 0.508 e. The van der Waals surface area contributed by atoms with Crippen molar-refractivity contribution in [2.24, 2.45) is 5.73 Å². The van der Waals surface area contributed by atoms with E-state index in [4.69, 9.17) is 5.73 Å². The van der Waals surface area contributed by atoms with Gasteiger partial charge in [-0.25, -0.2) is 0 Å². The van der Waals surface area contributed by atoms with Gasteiger partial charge in [-0.3, -0.25) is 0 Å². The van der Waals surface area contributed by atoms with Crippen molar-refractivity contribution in [1.29, 1.82) is 0 Å². The van der Waals surface area contributed by atoms with Crippen molar-refractivity contribution >= 4 is 0 Å². The number of hydrogen-bond acceptors (Lipinski definition) is 2. The van der Waals surface area contributed by atoms with Gasteiger partial charge in [0, 0.05) is 6.04 Å². The number of phenolic OH excluding ortho intramolecular Hbond substituents is 1. The Morgan fingerprint density at radius 2 is 1.77 bits per heavy atom. The van der Waals surface area contributed by atoms with Gasteiger partial charge in [0.2, 0.25) is 0 Å². The van der Waals surface area contributed by atoms with Crippen LogP contribution in [0, 0.1) is 13.8 Å². The molecule has 0 bridgehead atoms. The average Bonchev–Trinajstić information content (AvgIpc) is 2.02. The molecule has 0 aromatic heterocycles. The quantitative estimate of drug-likeness (QED) is 0.732. The Hall–Kier alpha value is -1.02. The van der Waals surface area contributed by atoms with E-state index in [0.717, 1.165) is 17.5 Å². The standard InChI is InChI=1S/C11H17NO/c1-4-10(12)11-7(2)5-9(13)6-8(11)3/h5-6,10,13H,4,12H2,1-3H3/t10-/m0/s1. The number of hydrogen-bond donors (Lipinski definition) is 2. The summed E-state index contributed by atoms with van der Waals surface area (Å²) < 4.78 is 0. The summed E-state index contributed by atoms with van der Waals surface area (Å²) >= 11 is 0. The lowest BCUT2D eigenvalue weighted by Gasteiger charge is -2.16. The summed E-state index contributed by atoms with van der Waals surface area (Å²) in [6.45, 7) is 6.03. The SMILES string of the molecule is CC[C@H](N)c1c(C)cc(O)cc1C. The van der Waals surface area contributed by atoms with Crippen LogP contribution in [0.3, 0.4) is 0 Å². The molecule has 0 unspecified atom stereocenters.